The highest BCUT2D eigenvalue weighted by atomic mass is 19.1. The second-order valence-electron chi connectivity index (χ2n) is 5.89. The van der Waals surface area contributed by atoms with Gasteiger partial charge >= 0.3 is 0 Å². The van der Waals surface area contributed by atoms with E-state index in [-0.39, 0.29) is 11.3 Å². The maximum Gasteiger partial charge on any atom is 0.229 e. The van der Waals surface area contributed by atoms with E-state index in [0.717, 1.165) is 5.39 Å². The van der Waals surface area contributed by atoms with E-state index in [2.05, 4.69) is 9.97 Å². The summed E-state index contributed by atoms with van der Waals surface area (Å²) in [5.41, 5.74) is 2.19. The number of para-hydroxylation sites is 1. The van der Waals surface area contributed by atoms with Gasteiger partial charge in [0.05, 0.1) is 5.69 Å². The average Bonchev–Trinajstić information content (AvgIpc) is 2.97. The maximum absolute atomic E-state index is 13.5. The number of aryl methyl sites for hydroxylation is 1. The Kier molecular flexibility index (Phi) is 2.46. The molecule has 3 nitrogen and oxygen atoms in total. The van der Waals surface area contributed by atoms with Gasteiger partial charge in [0.2, 0.25) is 11.7 Å². The van der Waals surface area contributed by atoms with Crippen molar-refractivity contribution < 1.29 is 14.3 Å². The largest absolute Gasteiger partial charge is 0.437 e. The summed E-state index contributed by atoms with van der Waals surface area (Å²) >= 11 is 0. The number of aromatic nitrogens is 2. The fourth-order valence-electron chi connectivity index (χ4n) is 2.87. The van der Waals surface area contributed by atoms with Gasteiger partial charge in [0.15, 0.2) is 0 Å². The zero-order chi connectivity index (χ0) is 20.3. The highest BCUT2D eigenvalue weighted by Gasteiger charge is 2.15. The standard InChI is InChI=1S/C20H17FN2O/c1-11(2)16-9-17(22-10-12(16)3)15-6-4-5-13-14-7-8-18(21)23-20(14)24-19(13)15/h4-11H,1-3H3/i3D3,11D. The van der Waals surface area contributed by atoms with Crippen molar-refractivity contribution in [3.63, 3.8) is 0 Å². The summed E-state index contributed by atoms with van der Waals surface area (Å²) in [5.74, 6) is -1.76. The highest BCUT2D eigenvalue weighted by Crippen LogP contribution is 2.35. The van der Waals surface area contributed by atoms with Crippen LogP contribution in [0.1, 0.15) is 36.4 Å². The summed E-state index contributed by atoms with van der Waals surface area (Å²) in [6, 6.07) is 9.95. The molecule has 0 amide bonds. The molecule has 0 fully saturated rings. The molecule has 0 radical (unpaired) electrons. The van der Waals surface area contributed by atoms with E-state index in [9.17, 15) is 4.39 Å². The minimum absolute atomic E-state index is 0.0526. The molecule has 3 heterocycles. The van der Waals surface area contributed by atoms with Crippen molar-refractivity contribution >= 4 is 22.1 Å². The van der Waals surface area contributed by atoms with Crippen LogP contribution in [0, 0.1) is 12.8 Å². The van der Waals surface area contributed by atoms with Gasteiger partial charge in [-0.2, -0.15) is 9.37 Å². The third-order valence-electron chi connectivity index (χ3n) is 4.05. The Morgan fingerprint density at radius 1 is 1.21 bits per heavy atom. The summed E-state index contributed by atoms with van der Waals surface area (Å²) in [5, 5.41) is 1.44. The van der Waals surface area contributed by atoms with Crippen molar-refractivity contribution in [2.24, 2.45) is 0 Å². The van der Waals surface area contributed by atoms with Gasteiger partial charge in [0, 0.05) is 28.0 Å². The predicted molar refractivity (Wildman–Crippen MR) is 93.5 cm³/mol. The zero-order valence-corrected chi connectivity index (χ0v) is 13.2. The molecule has 4 rings (SSSR count). The van der Waals surface area contributed by atoms with Crippen LogP contribution in [-0.2, 0) is 0 Å². The van der Waals surface area contributed by atoms with Gasteiger partial charge in [0.25, 0.3) is 0 Å². The van der Waals surface area contributed by atoms with Crippen LogP contribution in [0.25, 0.3) is 33.3 Å². The first-order chi connectivity index (χ1) is 13.1. The molecule has 0 atom stereocenters. The average molecular weight is 324 g/mol. The molecule has 0 spiro atoms. The Balaban J connectivity index is 1.99. The van der Waals surface area contributed by atoms with Gasteiger partial charge in [0.1, 0.15) is 5.58 Å². The van der Waals surface area contributed by atoms with Crippen LogP contribution in [0.3, 0.4) is 0 Å². The van der Waals surface area contributed by atoms with E-state index >= 15 is 0 Å². The Morgan fingerprint density at radius 3 is 2.88 bits per heavy atom. The van der Waals surface area contributed by atoms with Gasteiger partial charge in [-0.25, -0.2) is 0 Å². The normalized spacial score (nSPS) is 15.1. The van der Waals surface area contributed by atoms with Crippen molar-refractivity contribution in [2.45, 2.75) is 26.6 Å². The van der Waals surface area contributed by atoms with Crippen LogP contribution < -0.4 is 0 Å². The van der Waals surface area contributed by atoms with Crippen molar-refractivity contribution in [3.8, 4) is 11.3 Å². The van der Waals surface area contributed by atoms with Gasteiger partial charge < -0.3 is 4.42 Å². The Labute approximate surface area is 144 Å². The van der Waals surface area contributed by atoms with Gasteiger partial charge in [-0.3, -0.25) is 4.98 Å². The number of hydrogen-bond acceptors (Lipinski definition) is 3. The summed E-state index contributed by atoms with van der Waals surface area (Å²) < 4.78 is 50.9. The first-order valence-electron chi connectivity index (χ1n) is 9.55. The molecule has 0 bridgehead atoms. The van der Waals surface area contributed by atoms with Gasteiger partial charge in [-0.1, -0.05) is 26.0 Å². The van der Waals surface area contributed by atoms with Crippen LogP contribution in [0.5, 0.6) is 0 Å². The molecule has 0 aliphatic carbocycles. The van der Waals surface area contributed by atoms with E-state index in [4.69, 9.17) is 9.90 Å². The molecular weight excluding hydrogens is 303 g/mol. The maximum atomic E-state index is 13.5. The minimum Gasteiger partial charge on any atom is -0.437 e. The molecule has 1 aromatic carbocycles. The van der Waals surface area contributed by atoms with E-state index in [1.54, 1.807) is 32.0 Å². The monoisotopic (exact) mass is 324 g/mol. The van der Waals surface area contributed by atoms with Crippen LogP contribution >= 0.6 is 0 Å². The molecule has 120 valence electrons. The van der Waals surface area contributed by atoms with Crippen molar-refractivity contribution in [2.75, 3.05) is 0 Å². The lowest BCUT2D eigenvalue weighted by Gasteiger charge is -2.11. The number of fused-ring (bicyclic) bond motifs is 3. The third kappa shape index (κ3) is 2.26. The Bertz CT molecular complexity index is 1210. The van der Waals surface area contributed by atoms with Gasteiger partial charge in [-0.15, -0.1) is 0 Å². The quantitative estimate of drug-likeness (QED) is 0.450. The fourth-order valence-corrected chi connectivity index (χ4v) is 2.87. The molecule has 0 N–H and O–H groups in total. The summed E-state index contributed by atoms with van der Waals surface area (Å²) in [6.07, 6.45) is 1.30. The highest BCUT2D eigenvalue weighted by molar-refractivity contribution is 6.08. The zero-order valence-electron chi connectivity index (χ0n) is 17.2. The Morgan fingerprint density at radius 2 is 2.08 bits per heavy atom. The second kappa shape index (κ2) is 5.41. The van der Waals surface area contributed by atoms with Crippen LogP contribution in [0.15, 0.2) is 47.0 Å². The Hall–Kier alpha value is -2.75. The van der Waals surface area contributed by atoms with Crippen LogP contribution in [-0.4, -0.2) is 9.97 Å². The molecule has 0 saturated heterocycles. The lowest BCUT2D eigenvalue weighted by molar-refractivity contribution is 0.569. The van der Waals surface area contributed by atoms with Crippen molar-refractivity contribution in [1.29, 1.82) is 0 Å². The molecule has 4 aromatic rings. The molecule has 24 heavy (non-hydrogen) atoms. The molecule has 3 aromatic heterocycles. The molecule has 0 aliphatic rings. The van der Waals surface area contributed by atoms with Crippen molar-refractivity contribution in [1.82, 2.24) is 9.97 Å². The van der Waals surface area contributed by atoms with Crippen LogP contribution in [0.2, 0.25) is 0 Å². The molecule has 0 unspecified atom stereocenters. The summed E-state index contributed by atoms with van der Waals surface area (Å²) in [6.45, 7) is 0.900. The number of furan rings is 1. The summed E-state index contributed by atoms with van der Waals surface area (Å²) in [7, 11) is 0. The smallest absolute Gasteiger partial charge is 0.229 e. The first kappa shape index (κ1) is 10.9. The lowest BCUT2D eigenvalue weighted by Crippen LogP contribution is -1.95. The minimum atomic E-state index is -2.37. The second-order valence-corrected chi connectivity index (χ2v) is 5.89. The van der Waals surface area contributed by atoms with E-state index in [0.29, 0.717) is 27.8 Å². The van der Waals surface area contributed by atoms with Crippen LogP contribution in [0.4, 0.5) is 4.39 Å². The van der Waals surface area contributed by atoms with Crippen molar-refractivity contribution in [3.05, 3.63) is 59.7 Å². The first-order valence-corrected chi connectivity index (χ1v) is 7.55. The molecule has 0 saturated carbocycles. The summed E-state index contributed by atoms with van der Waals surface area (Å²) in [4.78, 5) is 8.12. The topological polar surface area (TPSA) is 38.9 Å². The predicted octanol–water partition coefficient (Wildman–Crippen LogP) is 5.61. The number of rotatable bonds is 2. The SMILES string of the molecule is [2H]C([2H])([2H])c1cnc(-c2cccc3c2oc2nc(F)ccc23)cc1C([2H])(C)C. The van der Waals surface area contributed by atoms with E-state index in [1.807, 2.05) is 12.1 Å². The number of hydrogen-bond donors (Lipinski definition) is 0. The lowest BCUT2D eigenvalue weighted by atomic mass is 9.97. The molecule has 4 heteroatoms. The number of halogens is 1. The van der Waals surface area contributed by atoms with E-state index < -0.39 is 18.7 Å². The van der Waals surface area contributed by atoms with E-state index in [1.165, 1.54) is 12.3 Å². The molecular formula is C20H17FN2O. The molecule has 0 aliphatic heterocycles. The number of pyridine rings is 2. The number of benzene rings is 1. The number of nitrogens with zero attached hydrogens (tertiary/aromatic N) is 2. The fraction of sp³-hybridized carbons (Fsp3) is 0.200. The van der Waals surface area contributed by atoms with Gasteiger partial charge in [-0.05, 0) is 48.1 Å². The third-order valence-corrected chi connectivity index (χ3v) is 4.05.